The topological polar surface area (TPSA) is 78.6 Å². The molecule has 1 amide bonds. The molecule has 1 saturated heterocycles. The minimum absolute atomic E-state index is 0.00775. The maximum atomic E-state index is 11.3. The SMILES string of the molecule is CC(C)(C)C1CC(Oc2cccc(N)c2)CCN1C(=O)[O-]. The van der Waals surface area contributed by atoms with Crippen molar-refractivity contribution in [2.24, 2.45) is 5.41 Å². The fourth-order valence-corrected chi connectivity index (χ4v) is 2.86. The van der Waals surface area contributed by atoms with Crippen LogP contribution in [0.25, 0.3) is 0 Å². The molecule has 2 rings (SSSR count). The Morgan fingerprint density at radius 1 is 1.43 bits per heavy atom. The monoisotopic (exact) mass is 291 g/mol. The molecule has 21 heavy (non-hydrogen) atoms. The van der Waals surface area contributed by atoms with Crippen LogP contribution in [0.1, 0.15) is 33.6 Å². The summed E-state index contributed by atoms with van der Waals surface area (Å²) >= 11 is 0. The molecule has 1 aromatic carbocycles. The zero-order chi connectivity index (χ0) is 15.6. The summed E-state index contributed by atoms with van der Waals surface area (Å²) in [5, 5.41) is 11.3. The molecule has 116 valence electrons. The fraction of sp³-hybridized carbons (Fsp3) is 0.562. The Labute approximate surface area is 125 Å². The number of nitrogens with zero attached hydrogens (tertiary/aromatic N) is 1. The fourth-order valence-electron chi connectivity index (χ4n) is 2.86. The predicted octanol–water partition coefficient (Wildman–Crippen LogP) is 1.87. The summed E-state index contributed by atoms with van der Waals surface area (Å²) in [6.07, 6.45) is 0.214. The van der Waals surface area contributed by atoms with E-state index in [4.69, 9.17) is 10.5 Å². The summed E-state index contributed by atoms with van der Waals surface area (Å²) < 4.78 is 5.97. The van der Waals surface area contributed by atoms with Gasteiger partial charge in [0.25, 0.3) is 0 Å². The number of amides is 1. The third kappa shape index (κ3) is 3.80. The number of hydrogen-bond donors (Lipinski definition) is 1. The van der Waals surface area contributed by atoms with Crippen LogP contribution in [0.5, 0.6) is 5.75 Å². The summed E-state index contributed by atoms with van der Waals surface area (Å²) in [4.78, 5) is 12.7. The zero-order valence-corrected chi connectivity index (χ0v) is 12.8. The van der Waals surface area contributed by atoms with Crippen molar-refractivity contribution >= 4 is 11.8 Å². The van der Waals surface area contributed by atoms with Crippen LogP contribution in [0.2, 0.25) is 0 Å². The Balaban J connectivity index is 2.09. The molecule has 2 N–H and O–H groups in total. The van der Waals surface area contributed by atoms with Gasteiger partial charge in [-0.1, -0.05) is 26.8 Å². The molecule has 0 bridgehead atoms. The van der Waals surface area contributed by atoms with Crippen molar-refractivity contribution in [3.05, 3.63) is 24.3 Å². The number of carbonyl (C=O) groups excluding carboxylic acids is 1. The van der Waals surface area contributed by atoms with E-state index in [-0.39, 0.29) is 17.6 Å². The number of benzene rings is 1. The normalized spacial score (nSPS) is 22.9. The molecule has 0 aliphatic carbocycles. The van der Waals surface area contributed by atoms with E-state index in [0.29, 0.717) is 25.1 Å². The van der Waals surface area contributed by atoms with Crippen molar-refractivity contribution < 1.29 is 14.6 Å². The summed E-state index contributed by atoms with van der Waals surface area (Å²) in [6.45, 7) is 6.56. The third-order valence-corrected chi connectivity index (χ3v) is 3.95. The van der Waals surface area contributed by atoms with E-state index in [0.717, 1.165) is 5.75 Å². The van der Waals surface area contributed by atoms with Gasteiger partial charge in [0.1, 0.15) is 17.9 Å². The molecule has 1 aromatic rings. The molecule has 1 heterocycles. The van der Waals surface area contributed by atoms with E-state index >= 15 is 0 Å². The highest BCUT2D eigenvalue weighted by Crippen LogP contribution is 2.33. The Kier molecular flexibility index (Phi) is 4.30. The smallest absolute Gasteiger partial charge is 0.137 e. The Hall–Kier alpha value is -1.91. The van der Waals surface area contributed by atoms with E-state index < -0.39 is 6.09 Å². The largest absolute Gasteiger partial charge is 0.530 e. The summed E-state index contributed by atoms with van der Waals surface area (Å²) in [6, 6.07) is 7.21. The number of nitrogens with two attached hydrogens (primary N) is 1. The van der Waals surface area contributed by atoms with Gasteiger partial charge < -0.3 is 25.3 Å². The van der Waals surface area contributed by atoms with Crippen LogP contribution in [-0.2, 0) is 0 Å². The number of carboxylic acid groups (broad SMARTS) is 1. The van der Waals surface area contributed by atoms with E-state index in [1.165, 1.54) is 4.90 Å². The molecule has 0 saturated carbocycles. The maximum Gasteiger partial charge on any atom is 0.137 e. The maximum absolute atomic E-state index is 11.3. The standard InChI is InChI=1S/C16H24N2O3/c1-16(2,3)14-10-13(7-8-18(14)15(19)20)21-12-6-4-5-11(17)9-12/h4-6,9,13-14H,7-8,10,17H2,1-3H3,(H,19,20)/p-1. The number of hydrogen-bond acceptors (Lipinski definition) is 4. The second kappa shape index (κ2) is 5.84. The Morgan fingerprint density at radius 3 is 2.71 bits per heavy atom. The van der Waals surface area contributed by atoms with Crippen LogP contribution >= 0.6 is 0 Å². The lowest BCUT2D eigenvalue weighted by atomic mass is 9.80. The van der Waals surface area contributed by atoms with Crippen LogP contribution < -0.4 is 15.6 Å². The number of anilines is 1. The molecule has 1 aliphatic heterocycles. The number of piperidine rings is 1. The molecule has 0 aromatic heterocycles. The average molecular weight is 291 g/mol. The molecule has 2 unspecified atom stereocenters. The lowest BCUT2D eigenvalue weighted by Gasteiger charge is -2.47. The van der Waals surface area contributed by atoms with Crippen LogP contribution in [0.4, 0.5) is 10.5 Å². The van der Waals surface area contributed by atoms with Gasteiger partial charge in [-0.2, -0.15) is 0 Å². The quantitative estimate of drug-likeness (QED) is 0.844. The molecule has 1 fully saturated rings. The second-order valence-corrected chi connectivity index (χ2v) is 6.68. The van der Waals surface area contributed by atoms with E-state index in [2.05, 4.69) is 0 Å². The van der Waals surface area contributed by atoms with Crippen molar-refractivity contribution in [1.29, 1.82) is 0 Å². The molecular formula is C16H23N2O3-. The van der Waals surface area contributed by atoms with Crippen molar-refractivity contribution in [3.63, 3.8) is 0 Å². The highest BCUT2D eigenvalue weighted by atomic mass is 16.5. The van der Waals surface area contributed by atoms with Gasteiger partial charge in [0.15, 0.2) is 0 Å². The van der Waals surface area contributed by atoms with Crippen molar-refractivity contribution in [2.75, 3.05) is 12.3 Å². The first-order valence-electron chi connectivity index (χ1n) is 7.27. The first kappa shape index (κ1) is 15.5. The number of rotatable bonds is 2. The molecule has 2 atom stereocenters. The first-order valence-corrected chi connectivity index (χ1v) is 7.27. The second-order valence-electron chi connectivity index (χ2n) is 6.68. The number of likely N-dealkylation sites (tertiary alicyclic amines) is 1. The average Bonchev–Trinajstić information content (AvgIpc) is 2.37. The molecule has 0 radical (unpaired) electrons. The van der Waals surface area contributed by atoms with Crippen LogP contribution in [0, 0.1) is 5.41 Å². The highest BCUT2D eigenvalue weighted by molar-refractivity contribution is 5.63. The Morgan fingerprint density at radius 2 is 2.14 bits per heavy atom. The van der Waals surface area contributed by atoms with Gasteiger partial charge in [-0.3, -0.25) is 0 Å². The summed E-state index contributed by atoms with van der Waals surface area (Å²) in [7, 11) is 0. The Bertz CT molecular complexity index is 510. The van der Waals surface area contributed by atoms with Gasteiger partial charge >= 0.3 is 0 Å². The lowest BCUT2D eigenvalue weighted by Crippen LogP contribution is -2.57. The van der Waals surface area contributed by atoms with Gasteiger partial charge in [-0.15, -0.1) is 0 Å². The number of nitrogen functional groups attached to an aromatic ring is 1. The minimum atomic E-state index is -1.10. The van der Waals surface area contributed by atoms with Gasteiger partial charge in [-0.05, 0) is 17.5 Å². The number of ether oxygens (including phenoxy) is 1. The van der Waals surface area contributed by atoms with Gasteiger partial charge in [0, 0.05) is 37.2 Å². The van der Waals surface area contributed by atoms with Crippen molar-refractivity contribution in [1.82, 2.24) is 4.90 Å². The van der Waals surface area contributed by atoms with Gasteiger partial charge in [0.05, 0.1) is 0 Å². The first-order chi connectivity index (χ1) is 9.77. The van der Waals surface area contributed by atoms with E-state index in [9.17, 15) is 9.90 Å². The van der Waals surface area contributed by atoms with Crippen LogP contribution in [-0.4, -0.2) is 29.7 Å². The van der Waals surface area contributed by atoms with E-state index in [1.54, 1.807) is 6.07 Å². The summed E-state index contributed by atoms with van der Waals surface area (Å²) in [5.74, 6) is 0.731. The van der Waals surface area contributed by atoms with Crippen molar-refractivity contribution in [2.45, 2.75) is 45.8 Å². The third-order valence-electron chi connectivity index (χ3n) is 3.95. The molecular weight excluding hydrogens is 268 g/mol. The van der Waals surface area contributed by atoms with Crippen LogP contribution in [0.15, 0.2) is 24.3 Å². The minimum Gasteiger partial charge on any atom is -0.530 e. The van der Waals surface area contributed by atoms with Gasteiger partial charge in [0.2, 0.25) is 0 Å². The van der Waals surface area contributed by atoms with Crippen molar-refractivity contribution in [3.8, 4) is 5.75 Å². The number of carbonyl (C=O) groups is 1. The molecule has 5 nitrogen and oxygen atoms in total. The molecule has 0 spiro atoms. The highest BCUT2D eigenvalue weighted by Gasteiger charge is 2.37. The van der Waals surface area contributed by atoms with E-state index in [1.807, 2.05) is 39.0 Å². The zero-order valence-electron chi connectivity index (χ0n) is 12.8. The lowest BCUT2D eigenvalue weighted by molar-refractivity contribution is -0.272. The predicted molar refractivity (Wildman–Crippen MR) is 79.8 cm³/mol. The molecule has 5 heteroatoms. The van der Waals surface area contributed by atoms with Crippen LogP contribution in [0.3, 0.4) is 0 Å². The van der Waals surface area contributed by atoms with Gasteiger partial charge in [-0.25, -0.2) is 0 Å². The summed E-state index contributed by atoms with van der Waals surface area (Å²) in [5.41, 5.74) is 6.25. The molecule has 1 aliphatic rings.